The molecule has 0 saturated carbocycles. The summed E-state index contributed by atoms with van der Waals surface area (Å²) < 4.78 is 0. The summed E-state index contributed by atoms with van der Waals surface area (Å²) in [7, 11) is -6.32. The molecule has 0 radical (unpaired) electrons. The van der Waals surface area contributed by atoms with Crippen molar-refractivity contribution in [2.45, 2.75) is 201 Å². The van der Waals surface area contributed by atoms with Crippen LogP contribution in [-0.2, 0) is 0 Å². The Balaban J connectivity index is 1.58. The van der Waals surface area contributed by atoms with Gasteiger partial charge in [0.1, 0.15) is 0 Å². The lowest BCUT2D eigenvalue weighted by Crippen LogP contribution is -2.50. The Labute approximate surface area is 445 Å². The Kier molecular flexibility index (Phi) is 16.4. The first kappa shape index (κ1) is 55.9. The van der Waals surface area contributed by atoms with Crippen molar-refractivity contribution in [3.63, 3.8) is 0 Å². The molecule has 7 rings (SSSR count). The van der Waals surface area contributed by atoms with Crippen LogP contribution in [0.15, 0.2) is 121 Å². The van der Waals surface area contributed by atoms with Gasteiger partial charge < -0.3 is 0 Å². The van der Waals surface area contributed by atoms with Gasteiger partial charge in [-0.1, -0.05) is 267 Å². The molecule has 6 aromatic rings. The topological polar surface area (TPSA) is 0 Å². The van der Waals surface area contributed by atoms with Gasteiger partial charge >= 0.3 is 0 Å². The fraction of sp³-hybridized carbons (Fsp3) is 0.471. The number of fused-ring (bicyclic) bond motifs is 2. The molecule has 2 atom stereocenters. The molecule has 2 unspecified atom stereocenters. The highest BCUT2D eigenvalue weighted by molar-refractivity contribution is 6.94. The molecule has 0 spiro atoms. The van der Waals surface area contributed by atoms with Gasteiger partial charge in [-0.25, -0.2) is 0 Å². The second-order valence-corrected chi connectivity index (χ2v) is 46.6. The van der Waals surface area contributed by atoms with Crippen molar-refractivity contribution in [3.8, 4) is 33.4 Å². The number of aryl methyl sites for hydroxylation is 1. The van der Waals surface area contributed by atoms with Crippen LogP contribution in [0.25, 0.3) is 60.5 Å². The van der Waals surface area contributed by atoms with E-state index in [1.165, 1.54) is 77.2 Å². The Morgan fingerprint density at radius 3 is 1.18 bits per heavy atom. The van der Waals surface area contributed by atoms with Gasteiger partial charge in [-0.2, -0.15) is 0 Å². The molecule has 1 aliphatic carbocycles. The minimum absolute atomic E-state index is 0.246. The van der Waals surface area contributed by atoms with Crippen LogP contribution < -0.4 is 15.6 Å². The quantitative estimate of drug-likeness (QED) is 0.0669. The maximum Gasteiger partial charge on any atom is 0.0887 e. The minimum Gasteiger partial charge on any atom is -0.0802 e. The van der Waals surface area contributed by atoms with Crippen molar-refractivity contribution in [3.05, 3.63) is 132 Å². The third-order valence-electron chi connectivity index (χ3n) is 20.9. The molecular weight excluding hydrogens is 929 g/mol. The molecule has 0 bridgehead atoms. The largest absolute Gasteiger partial charge is 0.0887 e. The molecule has 72 heavy (non-hydrogen) atoms. The van der Waals surface area contributed by atoms with Crippen LogP contribution in [-0.4, -0.2) is 33.0 Å². The lowest BCUT2D eigenvalue weighted by Gasteiger charge is -2.44. The van der Waals surface area contributed by atoms with Crippen LogP contribution in [0.1, 0.15) is 135 Å². The van der Waals surface area contributed by atoms with E-state index in [4.69, 9.17) is 0 Å². The average molecular weight is 1030 g/mol. The van der Waals surface area contributed by atoms with E-state index in [1.807, 2.05) is 0 Å². The van der Waals surface area contributed by atoms with Gasteiger partial charge in [0.15, 0.2) is 0 Å². The van der Waals surface area contributed by atoms with Crippen LogP contribution in [0.3, 0.4) is 0 Å². The molecule has 0 heterocycles. The standard InChI is InChI=1S/C68H96Si4/c1-43(2)68(69(19)44(3)4)38-37-61(52(18)42-68)67-63-35-28-55(53-23-29-57(30-24-53)70(20,45(5)6)46(7)8)40-64(63)66(60-36-33-59(39-51(60)17)72(22,49(13)14)50(15)16)62-34-27-56(41-65(62)67)54-25-31-58(32-26-54)71(21,47(9)10)48(11)12/h23-41,43-50,69H,42H2,1-22H3. The summed E-state index contributed by atoms with van der Waals surface area (Å²) in [6.45, 7) is 54.7. The summed E-state index contributed by atoms with van der Waals surface area (Å²) in [4.78, 5) is 0. The molecule has 0 fully saturated rings. The van der Waals surface area contributed by atoms with Crippen molar-refractivity contribution in [2.75, 3.05) is 0 Å². The predicted octanol–water partition coefficient (Wildman–Crippen LogP) is 20.0. The molecule has 0 amide bonds. The van der Waals surface area contributed by atoms with Crippen molar-refractivity contribution < 1.29 is 0 Å². The summed E-state index contributed by atoms with van der Waals surface area (Å²) >= 11 is 0. The number of rotatable bonds is 16. The van der Waals surface area contributed by atoms with E-state index in [0.717, 1.165) is 12.0 Å². The van der Waals surface area contributed by atoms with Crippen LogP contribution in [0.2, 0.25) is 70.0 Å². The summed E-state index contributed by atoms with van der Waals surface area (Å²) in [5, 5.41) is 10.4. The van der Waals surface area contributed by atoms with Crippen molar-refractivity contribution in [2.24, 2.45) is 5.92 Å². The first-order chi connectivity index (χ1) is 33.7. The highest BCUT2D eigenvalue weighted by Crippen LogP contribution is 2.55. The van der Waals surface area contributed by atoms with Gasteiger partial charge in [-0.15, -0.1) is 0 Å². The van der Waals surface area contributed by atoms with Gasteiger partial charge in [0.25, 0.3) is 0 Å². The van der Waals surface area contributed by atoms with Crippen molar-refractivity contribution >= 4 is 75.7 Å². The fourth-order valence-corrected chi connectivity index (χ4v) is 27.7. The van der Waals surface area contributed by atoms with E-state index >= 15 is 0 Å². The second kappa shape index (κ2) is 21.1. The van der Waals surface area contributed by atoms with Crippen LogP contribution >= 0.6 is 0 Å². The summed E-state index contributed by atoms with van der Waals surface area (Å²) in [6, 6.07) is 42.4. The Morgan fingerprint density at radius 1 is 0.431 bits per heavy atom. The molecule has 4 heteroatoms. The number of hydrogen-bond acceptors (Lipinski definition) is 0. The smallest absolute Gasteiger partial charge is 0.0802 e. The van der Waals surface area contributed by atoms with E-state index < -0.39 is 33.0 Å². The van der Waals surface area contributed by atoms with E-state index in [0.29, 0.717) is 39.2 Å². The Morgan fingerprint density at radius 2 is 0.806 bits per heavy atom. The lowest BCUT2D eigenvalue weighted by atomic mass is 9.77. The van der Waals surface area contributed by atoms with Gasteiger partial charge in [0.05, 0.1) is 24.2 Å². The maximum atomic E-state index is 2.71. The van der Waals surface area contributed by atoms with Gasteiger partial charge in [0.2, 0.25) is 0 Å². The fourth-order valence-electron chi connectivity index (χ4n) is 13.6. The third-order valence-corrected chi connectivity index (χ3v) is 44.8. The first-order valence-corrected chi connectivity index (χ1v) is 38.8. The predicted molar refractivity (Wildman–Crippen MR) is 339 cm³/mol. The Hall–Kier alpha value is -3.81. The number of allylic oxidation sites excluding steroid dienone is 4. The van der Waals surface area contributed by atoms with Crippen molar-refractivity contribution in [1.29, 1.82) is 0 Å². The van der Waals surface area contributed by atoms with Gasteiger partial charge in [0, 0.05) is 8.80 Å². The first-order valence-electron chi connectivity index (χ1n) is 28.4. The molecule has 0 nitrogen and oxygen atoms in total. The van der Waals surface area contributed by atoms with Crippen LogP contribution in [0.5, 0.6) is 0 Å². The SMILES string of the molecule is CC1=C(c2c3cc(-c4ccc([Si](C)(C(C)C)C(C)C)cc4)ccc3c(-c3ccc([Si](C)(C(C)C)C(C)C)cc3C)c3cc(-c4ccc([Si](C)(C(C)C)C(C)C)cc4)ccc23)C=CC(C(C)C)([SiH](C)C(C)C)C1. The number of hydrogen-bond donors (Lipinski definition) is 0. The van der Waals surface area contributed by atoms with E-state index in [9.17, 15) is 0 Å². The molecule has 384 valence electrons. The molecule has 1 aliphatic rings. The lowest BCUT2D eigenvalue weighted by molar-refractivity contribution is 0.464. The highest BCUT2D eigenvalue weighted by Gasteiger charge is 2.42. The van der Waals surface area contributed by atoms with Crippen LogP contribution in [0, 0.1) is 12.8 Å². The zero-order valence-corrected chi connectivity index (χ0v) is 53.5. The summed E-state index contributed by atoms with van der Waals surface area (Å²) in [5.74, 6) is 0.592. The maximum absolute atomic E-state index is 2.71. The monoisotopic (exact) mass is 1020 g/mol. The van der Waals surface area contributed by atoms with Crippen molar-refractivity contribution in [1.82, 2.24) is 0 Å². The highest BCUT2D eigenvalue weighted by atomic mass is 28.3. The molecular formula is C68H96Si4. The van der Waals surface area contributed by atoms with E-state index in [1.54, 1.807) is 15.6 Å². The molecule has 0 saturated heterocycles. The Bertz CT molecular complexity index is 2950. The molecule has 0 N–H and O–H groups in total. The zero-order valence-electron chi connectivity index (χ0n) is 49.4. The molecule has 0 aromatic heterocycles. The summed E-state index contributed by atoms with van der Waals surface area (Å²) in [5.41, 5.74) is 18.4. The normalized spacial score (nSPS) is 16.8. The van der Waals surface area contributed by atoms with E-state index in [2.05, 4.69) is 266 Å². The molecule has 6 aromatic carbocycles. The summed E-state index contributed by atoms with van der Waals surface area (Å²) in [6.07, 6.45) is 6.45. The van der Waals surface area contributed by atoms with Gasteiger partial charge in [-0.05, 0) is 148 Å². The van der Waals surface area contributed by atoms with Crippen LogP contribution in [0.4, 0.5) is 0 Å². The zero-order chi connectivity index (χ0) is 53.2. The molecule has 0 aliphatic heterocycles. The average Bonchev–Trinajstić information content (AvgIpc) is 3.34. The van der Waals surface area contributed by atoms with Gasteiger partial charge in [-0.3, -0.25) is 0 Å². The van der Waals surface area contributed by atoms with E-state index in [-0.39, 0.29) is 5.04 Å². The number of benzene rings is 6. The second-order valence-electron chi connectivity index (χ2n) is 26.2. The third kappa shape index (κ3) is 9.49. The minimum atomic E-state index is -1.78.